The number of fused-ring (bicyclic) bond motifs is 1. The maximum Gasteiger partial charge on any atom is 0.348 e. The highest BCUT2D eigenvalue weighted by molar-refractivity contribution is 7.17. The Hall–Kier alpha value is -1.07. The van der Waals surface area contributed by atoms with Crippen LogP contribution in [-0.2, 0) is 4.74 Å². The Bertz CT molecular complexity index is 460. The molecule has 2 aliphatic heterocycles. The lowest BCUT2D eigenvalue weighted by atomic mass is 10.1. The molecular formula is C14H20N2O2S. The second-order valence-electron chi connectivity index (χ2n) is 5.14. The van der Waals surface area contributed by atoms with Gasteiger partial charge in [-0.25, -0.2) is 4.79 Å². The highest BCUT2D eigenvalue weighted by Gasteiger charge is 2.31. The van der Waals surface area contributed by atoms with Crippen molar-refractivity contribution < 1.29 is 9.53 Å². The van der Waals surface area contributed by atoms with Gasteiger partial charge in [-0.3, -0.25) is 4.90 Å². The summed E-state index contributed by atoms with van der Waals surface area (Å²) >= 11 is 1.55. The summed E-state index contributed by atoms with van der Waals surface area (Å²) in [6.45, 7) is 6.86. The van der Waals surface area contributed by atoms with E-state index in [2.05, 4.69) is 15.9 Å². The molecule has 104 valence electrons. The molecule has 0 spiro atoms. The van der Waals surface area contributed by atoms with Crippen molar-refractivity contribution in [3.63, 3.8) is 0 Å². The molecule has 1 aromatic heterocycles. The van der Waals surface area contributed by atoms with E-state index >= 15 is 0 Å². The summed E-state index contributed by atoms with van der Waals surface area (Å²) in [5.41, 5.74) is 0. The third kappa shape index (κ3) is 2.62. The fourth-order valence-corrected chi connectivity index (χ4v) is 3.94. The lowest BCUT2D eigenvalue weighted by molar-refractivity contribution is 0.0532. The molecule has 0 radical (unpaired) electrons. The molecule has 0 N–H and O–H groups in total. The smallest absolute Gasteiger partial charge is 0.348 e. The summed E-state index contributed by atoms with van der Waals surface area (Å²) in [5.74, 6) is -0.196. The minimum absolute atomic E-state index is 0.196. The van der Waals surface area contributed by atoms with Crippen molar-refractivity contribution in [2.24, 2.45) is 0 Å². The van der Waals surface area contributed by atoms with Gasteiger partial charge in [0.2, 0.25) is 0 Å². The van der Waals surface area contributed by atoms with Crippen LogP contribution in [0, 0.1) is 0 Å². The van der Waals surface area contributed by atoms with Crippen LogP contribution in [0.1, 0.15) is 29.4 Å². The number of piperazine rings is 1. The molecule has 0 aliphatic carbocycles. The number of hydrogen-bond donors (Lipinski definition) is 0. The van der Waals surface area contributed by atoms with Crippen LogP contribution in [0.15, 0.2) is 12.1 Å². The third-order valence-corrected chi connectivity index (χ3v) is 5.09. The molecule has 2 aliphatic rings. The Morgan fingerprint density at radius 1 is 1.42 bits per heavy atom. The van der Waals surface area contributed by atoms with E-state index in [4.69, 9.17) is 4.74 Å². The number of carbonyl (C=O) groups is 1. The molecule has 2 fully saturated rings. The van der Waals surface area contributed by atoms with Gasteiger partial charge >= 0.3 is 5.97 Å². The molecule has 3 heterocycles. The van der Waals surface area contributed by atoms with E-state index in [1.54, 1.807) is 11.3 Å². The van der Waals surface area contributed by atoms with Crippen LogP contribution in [0.2, 0.25) is 0 Å². The molecule has 0 aromatic carbocycles. The zero-order valence-electron chi connectivity index (χ0n) is 11.3. The van der Waals surface area contributed by atoms with Crippen LogP contribution in [0.25, 0.3) is 0 Å². The van der Waals surface area contributed by atoms with Crippen molar-refractivity contribution >= 4 is 22.3 Å². The van der Waals surface area contributed by atoms with Gasteiger partial charge in [0.05, 0.1) is 11.6 Å². The summed E-state index contributed by atoms with van der Waals surface area (Å²) in [5, 5.41) is 1.20. The largest absolute Gasteiger partial charge is 0.462 e. The monoisotopic (exact) mass is 280 g/mol. The van der Waals surface area contributed by atoms with Crippen LogP contribution in [0.3, 0.4) is 0 Å². The topological polar surface area (TPSA) is 32.8 Å². The highest BCUT2D eigenvalue weighted by Crippen LogP contribution is 2.30. The van der Waals surface area contributed by atoms with E-state index in [0.717, 1.165) is 19.6 Å². The first-order valence-corrected chi connectivity index (χ1v) is 7.85. The maximum absolute atomic E-state index is 11.7. The zero-order chi connectivity index (χ0) is 13.2. The van der Waals surface area contributed by atoms with Crippen LogP contribution < -0.4 is 4.90 Å². The molecule has 4 nitrogen and oxygen atoms in total. The SMILES string of the molecule is CCOC(=O)c1ccc(N2CCN3CCCC3C2)s1. The Morgan fingerprint density at radius 2 is 2.32 bits per heavy atom. The molecule has 19 heavy (non-hydrogen) atoms. The average molecular weight is 280 g/mol. The molecule has 0 saturated carbocycles. The van der Waals surface area contributed by atoms with Gasteiger partial charge in [-0.15, -0.1) is 11.3 Å². The van der Waals surface area contributed by atoms with Gasteiger partial charge in [0.1, 0.15) is 4.88 Å². The first-order valence-electron chi connectivity index (χ1n) is 7.04. The standard InChI is InChI=1S/C14H20N2O2S/c1-2-18-14(17)12-5-6-13(19-12)16-9-8-15-7-3-4-11(15)10-16/h5-6,11H,2-4,7-10H2,1H3. The van der Waals surface area contributed by atoms with Crippen molar-refractivity contribution in [2.45, 2.75) is 25.8 Å². The van der Waals surface area contributed by atoms with Gasteiger partial charge in [0, 0.05) is 25.7 Å². The minimum Gasteiger partial charge on any atom is -0.462 e. The predicted octanol–water partition coefficient (Wildman–Crippen LogP) is 2.21. The Balaban J connectivity index is 1.67. The fraction of sp³-hybridized carbons (Fsp3) is 0.643. The van der Waals surface area contributed by atoms with E-state index in [1.807, 2.05) is 13.0 Å². The van der Waals surface area contributed by atoms with Crippen LogP contribution >= 0.6 is 11.3 Å². The van der Waals surface area contributed by atoms with Crippen molar-refractivity contribution in [2.75, 3.05) is 37.7 Å². The summed E-state index contributed by atoms with van der Waals surface area (Å²) in [7, 11) is 0. The lowest BCUT2D eigenvalue weighted by Crippen LogP contribution is -2.49. The second kappa shape index (κ2) is 5.51. The Labute approximate surface area is 118 Å². The van der Waals surface area contributed by atoms with Gasteiger partial charge in [-0.05, 0) is 38.4 Å². The maximum atomic E-state index is 11.7. The van der Waals surface area contributed by atoms with Crippen LogP contribution in [-0.4, -0.2) is 49.7 Å². The number of ether oxygens (including phenoxy) is 1. The number of carbonyl (C=O) groups excluding carboxylic acids is 1. The minimum atomic E-state index is -0.196. The highest BCUT2D eigenvalue weighted by atomic mass is 32.1. The molecule has 1 unspecified atom stereocenters. The number of anilines is 1. The first kappa shape index (κ1) is 12.9. The first-order chi connectivity index (χ1) is 9.28. The molecule has 2 saturated heterocycles. The van der Waals surface area contributed by atoms with Crippen LogP contribution in [0.4, 0.5) is 5.00 Å². The van der Waals surface area contributed by atoms with Crippen LogP contribution in [0.5, 0.6) is 0 Å². The summed E-state index contributed by atoms with van der Waals surface area (Å²) in [6, 6.07) is 4.66. The molecule has 5 heteroatoms. The molecular weight excluding hydrogens is 260 g/mol. The normalized spacial score (nSPS) is 23.4. The molecule has 0 amide bonds. The number of rotatable bonds is 3. The molecule has 1 aromatic rings. The van der Waals surface area contributed by atoms with Gasteiger partial charge in [0.15, 0.2) is 0 Å². The van der Waals surface area contributed by atoms with Gasteiger partial charge in [-0.1, -0.05) is 0 Å². The number of hydrogen-bond acceptors (Lipinski definition) is 5. The Morgan fingerprint density at radius 3 is 3.16 bits per heavy atom. The van der Waals surface area contributed by atoms with Gasteiger partial charge < -0.3 is 9.64 Å². The van der Waals surface area contributed by atoms with Gasteiger partial charge in [-0.2, -0.15) is 0 Å². The van der Waals surface area contributed by atoms with Gasteiger partial charge in [0.25, 0.3) is 0 Å². The zero-order valence-corrected chi connectivity index (χ0v) is 12.1. The number of esters is 1. The van der Waals surface area contributed by atoms with Crippen molar-refractivity contribution in [3.05, 3.63) is 17.0 Å². The quantitative estimate of drug-likeness (QED) is 0.795. The van der Waals surface area contributed by atoms with E-state index in [0.29, 0.717) is 17.5 Å². The predicted molar refractivity (Wildman–Crippen MR) is 77.1 cm³/mol. The van der Waals surface area contributed by atoms with E-state index in [9.17, 15) is 4.79 Å². The van der Waals surface area contributed by atoms with Crippen molar-refractivity contribution in [1.82, 2.24) is 4.90 Å². The average Bonchev–Trinajstić information content (AvgIpc) is 3.07. The molecule has 0 bridgehead atoms. The molecule has 3 rings (SSSR count). The van der Waals surface area contributed by atoms with E-state index < -0.39 is 0 Å². The van der Waals surface area contributed by atoms with E-state index in [1.165, 1.54) is 24.4 Å². The molecule has 1 atom stereocenters. The Kier molecular flexibility index (Phi) is 3.75. The van der Waals surface area contributed by atoms with Crippen molar-refractivity contribution in [1.29, 1.82) is 0 Å². The van der Waals surface area contributed by atoms with E-state index in [-0.39, 0.29) is 5.97 Å². The summed E-state index contributed by atoms with van der Waals surface area (Å²) in [6.07, 6.45) is 2.64. The number of nitrogens with zero attached hydrogens (tertiary/aromatic N) is 2. The summed E-state index contributed by atoms with van der Waals surface area (Å²) in [4.78, 5) is 17.4. The van der Waals surface area contributed by atoms with Crippen molar-refractivity contribution in [3.8, 4) is 0 Å². The second-order valence-corrected chi connectivity index (χ2v) is 6.20. The summed E-state index contributed by atoms with van der Waals surface area (Å²) < 4.78 is 5.04. The number of thiophene rings is 1. The lowest BCUT2D eigenvalue weighted by Gasteiger charge is -2.38. The third-order valence-electron chi connectivity index (χ3n) is 3.97. The fourth-order valence-electron chi connectivity index (χ4n) is 3.00.